The molecule has 18 heavy (non-hydrogen) atoms. The van der Waals surface area contributed by atoms with E-state index in [2.05, 4.69) is 4.90 Å². The number of nitrogens with zero attached hydrogens (tertiary/aromatic N) is 1. The van der Waals surface area contributed by atoms with E-state index in [1.807, 2.05) is 6.92 Å². The van der Waals surface area contributed by atoms with Crippen molar-refractivity contribution in [2.45, 2.75) is 26.2 Å². The van der Waals surface area contributed by atoms with Crippen LogP contribution in [-0.4, -0.2) is 23.8 Å². The molecule has 96 valence electrons. The fourth-order valence-electron chi connectivity index (χ4n) is 2.23. The van der Waals surface area contributed by atoms with Gasteiger partial charge in [0.2, 0.25) is 0 Å². The van der Waals surface area contributed by atoms with Crippen LogP contribution in [0.5, 0.6) is 0 Å². The second-order valence-electron chi connectivity index (χ2n) is 4.70. The van der Waals surface area contributed by atoms with Gasteiger partial charge in [0, 0.05) is 35.4 Å². The van der Waals surface area contributed by atoms with Crippen LogP contribution in [0, 0.1) is 0 Å². The monoisotopic (exact) mass is 263 g/mol. The van der Waals surface area contributed by atoms with E-state index in [9.17, 15) is 4.79 Å². The number of halogens is 1. The van der Waals surface area contributed by atoms with Gasteiger partial charge in [-0.2, -0.15) is 0 Å². The van der Waals surface area contributed by atoms with Crippen LogP contribution in [0.15, 0.2) is 36.0 Å². The Kier molecular flexibility index (Phi) is 4.43. The van der Waals surface area contributed by atoms with E-state index in [0.29, 0.717) is 10.6 Å². The number of ketones is 1. The zero-order valence-corrected chi connectivity index (χ0v) is 11.4. The topological polar surface area (TPSA) is 20.3 Å². The maximum Gasteiger partial charge on any atom is 0.187 e. The molecule has 1 saturated heterocycles. The van der Waals surface area contributed by atoms with Crippen molar-refractivity contribution >= 4 is 17.4 Å². The molecule has 0 bridgehead atoms. The highest BCUT2D eigenvalue weighted by atomic mass is 35.5. The fourth-order valence-corrected chi connectivity index (χ4v) is 2.35. The Morgan fingerprint density at radius 3 is 2.39 bits per heavy atom. The van der Waals surface area contributed by atoms with Gasteiger partial charge in [0.25, 0.3) is 0 Å². The average Bonchev–Trinajstić information content (AvgIpc) is 2.40. The highest BCUT2D eigenvalue weighted by Gasteiger charge is 2.11. The Bertz CT molecular complexity index is 444. The lowest BCUT2D eigenvalue weighted by Gasteiger charge is -2.29. The van der Waals surface area contributed by atoms with E-state index in [4.69, 9.17) is 11.6 Å². The molecule has 2 nitrogen and oxygen atoms in total. The number of hydrogen-bond donors (Lipinski definition) is 0. The minimum absolute atomic E-state index is 0.0507. The largest absolute Gasteiger partial charge is 0.375 e. The molecule has 3 heteroatoms. The summed E-state index contributed by atoms with van der Waals surface area (Å²) >= 11 is 5.81. The lowest BCUT2D eigenvalue weighted by molar-refractivity contribution is 0.104. The maximum absolute atomic E-state index is 12.1. The molecule has 0 spiro atoms. The van der Waals surface area contributed by atoms with Crippen molar-refractivity contribution < 1.29 is 4.79 Å². The maximum atomic E-state index is 12.1. The summed E-state index contributed by atoms with van der Waals surface area (Å²) in [5.41, 5.74) is 1.76. The summed E-state index contributed by atoms with van der Waals surface area (Å²) in [5, 5.41) is 0.656. The first-order chi connectivity index (χ1) is 8.66. The van der Waals surface area contributed by atoms with Crippen LogP contribution < -0.4 is 0 Å². The zero-order valence-electron chi connectivity index (χ0n) is 10.7. The normalized spacial score (nSPS) is 16.8. The number of carbonyl (C=O) groups is 1. The van der Waals surface area contributed by atoms with Gasteiger partial charge in [0.05, 0.1) is 0 Å². The van der Waals surface area contributed by atoms with Gasteiger partial charge >= 0.3 is 0 Å². The van der Waals surface area contributed by atoms with Crippen molar-refractivity contribution in [3.8, 4) is 0 Å². The van der Waals surface area contributed by atoms with Crippen LogP contribution in [0.3, 0.4) is 0 Å². The summed E-state index contributed by atoms with van der Waals surface area (Å²) in [5.74, 6) is 0.0507. The standard InChI is InChI=1S/C15H18ClNO/c1-12(17-9-3-2-4-10-17)11-15(18)13-5-7-14(16)8-6-13/h5-8,11H,2-4,9-10H2,1H3/b12-11+. The van der Waals surface area contributed by atoms with Crippen LogP contribution in [0.25, 0.3) is 0 Å². The van der Waals surface area contributed by atoms with Gasteiger partial charge in [-0.25, -0.2) is 0 Å². The average molecular weight is 264 g/mol. The van der Waals surface area contributed by atoms with Gasteiger partial charge in [-0.1, -0.05) is 11.6 Å². The Labute approximate surface area is 113 Å². The SMILES string of the molecule is C/C(=C\C(=O)c1ccc(Cl)cc1)N1CCCCC1. The molecule has 0 aliphatic carbocycles. The van der Waals surface area contributed by atoms with Gasteiger partial charge < -0.3 is 4.90 Å². The lowest BCUT2D eigenvalue weighted by atomic mass is 10.1. The molecule has 0 radical (unpaired) electrons. The number of benzene rings is 1. The van der Waals surface area contributed by atoms with Crippen LogP contribution in [-0.2, 0) is 0 Å². The molecule has 0 atom stereocenters. The highest BCUT2D eigenvalue weighted by molar-refractivity contribution is 6.30. The molecule has 1 heterocycles. The van der Waals surface area contributed by atoms with Crippen LogP contribution in [0.1, 0.15) is 36.5 Å². The molecule has 1 aliphatic rings. The summed E-state index contributed by atoms with van der Waals surface area (Å²) < 4.78 is 0. The molecule has 1 aromatic carbocycles. The summed E-state index contributed by atoms with van der Waals surface area (Å²) in [6.07, 6.45) is 5.48. The van der Waals surface area contributed by atoms with Gasteiger partial charge in [-0.05, 0) is 50.5 Å². The van der Waals surface area contributed by atoms with Crippen LogP contribution in [0.4, 0.5) is 0 Å². The van der Waals surface area contributed by atoms with Gasteiger partial charge in [-0.3, -0.25) is 4.79 Å². The number of carbonyl (C=O) groups excluding carboxylic acids is 1. The van der Waals surface area contributed by atoms with Crippen molar-refractivity contribution in [2.75, 3.05) is 13.1 Å². The molecule has 0 amide bonds. The van der Waals surface area contributed by atoms with E-state index < -0.39 is 0 Å². The third-order valence-electron chi connectivity index (χ3n) is 3.32. The van der Waals surface area contributed by atoms with Crippen LogP contribution in [0.2, 0.25) is 5.02 Å². The van der Waals surface area contributed by atoms with E-state index in [0.717, 1.165) is 18.8 Å². The molecule has 1 aromatic rings. The minimum atomic E-state index is 0.0507. The molecule has 1 aliphatic heterocycles. The van der Waals surface area contributed by atoms with Crippen LogP contribution >= 0.6 is 11.6 Å². The molecule has 0 N–H and O–H groups in total. The minimum Gasteiger partial charge on any atom is -0.375 e. The van der Waals surface area contributed by atoms with Crippen molar-refractivity contribution in [1.29, 1.82) is 0 Å². The third-order valence-corrected chi connectivity index (χ3v) is 3.58. The van der Waals surface area contributed by atoms with Crippen molar-refractivity contribution in [1.82, 2.24) is 4.90 Å². The first-order valence-corrected chi connectivity index (χ1v) is 6.78. The summed E-state index contributed by atoms with van der Waals surface area (Å²) in [7, 11) is 0. The van der Waals surface area contributed by atoms with Crippen molar-refractivity contribution in [3.63, 3.8) is 0 Å². The number of piperidine rings is 1. The fraction of sp³-hybridized carbons (Fsp3) is 0.400. The smallest absolute Gasteiger partial charge is 0.187 e. The molecule has 0 saturated carbocycles. The Morgan fingerprint density at radius 1 is 1.17 bits per heavy atom. The van der Waals surface area contributed by atoms with Gasteiger partial charge in [-0.15, -0.1) is 0 Å². The van der Waals surface area contributed by atoms with Gasteiger partial charge in [0.1, 0.15) is 0 Å². The second-order valence-corrected chi connectivity index (χ2v) is 5.14. The van der Waals surface area contributed by atoms with E-state index in [-0.39, 0.29) is 5.78 Å². The number of likely N-dealkylation sites (tertiary alicyclic amines) is 1. The summed E-state index contributed by atoms with van der Waals surface area (Å²) in [6, 6.07) is 7.03. The molecular weight excluding hydrogens is 246 g/mol. The molecule has 1 fully saturated rings. The Hall–Kier alpha value is -1.28. The molecular formula is C15H18ClNO. The molecule has 2 rings (SSSR count). The predicted molar refractivity (Wildman–Crippen MR) is 75.0 cm³/mol. The number of hydrogen-bond acceptors (Lipinski definition) is 2. The van der Waals surface area contributed by atoms with Crippen molar-refractivity contribution in [3.05, 3.63) is 46.6 Å². The van der Waals surface area contributed by atoms with E-state index >= 15 is 0 Å². The number of allylic oxidation sites excluding steroid dienone is 2. The zero-order chi connectivity index (χ0) is 13.0. The summed E-state index contributed by atoms with van der Waals surface area (Å²) in [4.78, 5) is 14.4. The first-order valence-electron chi connectivity index (χ1n) is 6.40. The number of rotatable bonds is 3. The summed E-state index contributed by atoms with van der Waals surface area (Å²) in [6.45, 7) is 4.14. The van der Waals surface area contributed by atoms with Gasteiger partial charge in [0.15, 0.2) is 5.78 Å². The van der Waals surface area contributed by atoms with Crippen molar-refractivity contribution in [2.24, 2.45) is 0 Å². The molecule has 0 unspecified atom stereocenters. The molecule has 0 aromatic heterocycles. The lowest BCUT2D eigenvalue weighted by Crippen LogP contribution is -2.28. The van der Waals surface area contributed by atoms with E-state index in [1.165, 1.54) is 19.3 Å². The predicted octanol–water partition coefficient (Wildman–Crippen LogP) is 3.91. The Balaban J connectivity index is 2.06. The first kappa shape index (κ1) is 13.2. The quantitative estimate of drug-likeness (QED) is 0.609. The second kappa shape index (κ2) is 6.05. The highest BCUT2D eigenvalue weighted by Crippen LogP contribution is 2.16. The third kappa shape index (κ3) is 3.36. The van der Waals surface area contributed by atoms with E-state index in [1.54, 1.807) is 30.3 Å². The Morgan fingerprint density at radius 2 is 1.78 bits per heavy atom.